The van der Waals surface area contributed by atoms with E-state index in [2.05, 4.69) is 15.9 Å². The van der Waals surface area contributed by atoms with Gasteiger partial charge in [0.1, 0.15) is 11.9 Å². The van der Waals surface area contributed by atoms with Crippen LogP contribution in [0.2, 0.25) is 0 Å². The summed E-state index contributed by atoms with van der Waals surface area (Å²) in [5.41, 5.74) is 7.21. The highest BCUT2D eigenvalue weighted by atomic mass is 79.9. The molecule has 100 valence electrons. The minimum absolute atomic E-state index is 0.00211. The Labute approximate surface area is 116 Å². The van der Waals surface area contributed by atoms with Gasteiger partial charge in [-0.3, -0.25) is 0 Å². The van der Waals surface area contributed by atoms with Gasteiger partial charge in [0.05, 0.1) is 19.8 Å². The fourth-order valence-electron chi connectivity index (χ4n) is 2.01. The lowest BCUT2D eigenvalue weighted by atomic mass is 9.98. The summed E-state index contributed by atoms with van der Waals surface area (Å²) in [6.07, 6.45) is 0.793. The number of rotatable bonds is 5. The van der Waals surface area contributed by atoms with E-state index < -0.39 is 0 Å². The van der Waals surface area contributed by atoms with E-state index in [9.17, 15) is 0 Å². The molecule has 0 aromatic heterocycles. The van der Waals surface area contributed by atoms with Crippen LogP contribution in [0.5, 0.6) is 5.75 Å². The zero-order chi connectivity index (χ0) is 13.0. The fraction of sp³-hybridized carbons (Fsp3) is 0.538. The Morgan fingerprint density at radius 2 is 2.28 bits per heavy atom. The number of nitrogens with two attached hydrogens (primary N) is 1. The van der Waals surface area contributed by atoms with Gasteiger partial charge in [0.2, 0.25) is 0 Å². The van der Waals surface area contributed by atoms with Gasteiger partial charge in [-0.1, -0.05) is 15.9 Å². The van der Waals surface area contributed by atoms with Crippen LogP contribution in [0.3, 0.4) is 0 Å². The number of halogens is 1. The first-order valence-corrected chi connectivity index (χ1v) is 6.78. The van der Waals surface area contributed by atoms with Crippen LogP contribution in [0.15, 0.2) is 22.7 Å². The number of ether oxygens (including phenoxy) is 3. The zero-order valence-corrected chi connectivity index (χ0v) is 12.0. The topological polar surface area (TPSA) is 53.7 Å². The maximum absolute atomic E-state index is 6.15. The standard InChI is InChI=1S/C13H18BrNO3/c1-16-4-5-17-8-10-7-12(15)11-6-9(14)2-3-13(11)18-10/h2-3,6,10,12H,4-5,7-8,15H2,1H3. The molecule has 5 heteroatoms. The second-order valence-electron chi connectivity index (χ2n) is 4.33. The SMILES string of the molecule is COCCOCC1CC(N)c2cc(Br)ccc2O1. The Balaban J connectivity index is 1.93. The molecule has 1 heterocycles. The molecule has 2 rings (SSSR count). The Kier molecular flexibility index (Phi) is 5.00. The number of hydrogen-bond acceptors (Lipinski definition) is 4. The summed E-state index contributed by atoms with van der Waals surface area (Å²) in [5.74, 6) is 0.859. The van der Waals surface area contributed by atoms with Gasteiger partial charge in [0.15, 0.2) is 0 Å². The summed E-state index contributed by atoms with van der Waals surface area (Å²) < 4.78 is 17.3. The van der Waals surface area contributed by atoms with Crippen LogP contribution in [-0.2, 0) is 9.47 Å². The monoisotopic (exact) mass is 315 g/mol. The van der Waals surface area contributed by atoms with Crippen molar-refractivity contribution >= 4 is 15.9 Å². The molecule has 18 heavy (non-hydrogen) atoms. The van der Waals surface area contributed by atoms with Gasteiger partial charge in [-0.05, 0) is 18.2 Å². The van der Waals surface area contributed by atoms with Crippen LogP contribution in [0.4, 0.5) is 0 Å². The van der Waals surface area contributed by atoms with Crippen LogP contribution < -0.4 is 10.5 Å². The van der Waals surface area contributed by atoms with E-state index in [-0.39, 0.29) is 12.1 Å². The van der Waals surface area contributed by atoms with Crippen molar-refractivity contribution in [2.75, 3.05) is 26.9 Å². The first-order chi connectivity index (χ1) is 8.70. The summed E-state index contributed by atoms with van der Waals surface area (Å²) in [7, 11) is 1.66. The molecular weight excluding hydrogens is 298 g/mol. The molecule has 0 radical (unpaired) electrons. The molecule has 2 N–H and O–H groups in total. The van der Waals surface area contributed by atoms with Crippen molar-refractivity contribution in [1.29, 1.82) is 0 Å². The van der Waals surface area contributed by atoms with Gasteiger partial charge >= 0.3 is 0 Å². The van der Waals surface area contributed by atoms with E-state index in [0.29, 0.717) is 19.8 Å². The molecule has 0 saturated carbocycles. The van der Waals surface area contributed by atoms with Gasteiger partial charge in [-0.25, -0.2) is 0 Å². The van der Waals surface area contributed by atoms with Gasteiger partial charge in [0.25, 0.3) is 0 Å². The van der Waals surface area contributed by atoms with Crippen LogP contribution in [0, 0.1) is 0 Å². The Hall–Kier alpha value is -0.620. The van der Waals surface area contributed by atoms with Crippen molar-refractivity contribution in [3.05, 3.63) is 28.2 Å². The molecular formula is C13H18BrNO3. The minimum Gasteiger partial charge on any atom is -0.488 e. The van der Waals surface area contributed by atoms with Crippen LogP contribution in [0.1, 0.15) is 18.0 Å². The third-order valence-electron chi connectivity index (χ3n) is 2.92. The largest absolute Gasteiger partial charge is 0.488 e. The lowest BCUT2D eigenvalue weighted by Crippen LogP contribution is -2.33. The predicted octanol–water partition coefficient (Wildman–Crippen LogP) is 2.26. The van der Waals surface area contributed by atoms with Crippen molar-refractivity contribution in [3.8, 4) is 5.75 Å². The van der Waals surface area contributed by atoms with Crippen molar-refractivity contribution in [3.63, 3.8) is 0 Å². The first-order valence-electron chi connectivity index (χ1n) is 5.99. The molecule has 0 spiro atoms. The molecule has 1 aliphatic heterocycles. The molecule has 4 nitrogen and oxygen atoms in total. The van der Waals surface area contributed by atoms with E-state index >= 15 is 0 Å². The van der Waals surface area contributed by atoms with Crippen LogP contribution in [0.25, 0.3) is 0 Å². The second kappa shape index (κ2) is 6.52. The van der Waals surface area contributed by atoms with Crippen molar-refractivity contribution in [1.82, 2.24) is 0 Å². The van der Waals surface area contributed by atoms with E-state index in [1.54, 1.807) is 7.11 Å². The smallest absolute Gasteiger partial charge is 0.124 e. The molecule has 0 amide bonds. The maximum Gasteiger partial charge on any atom is 0.124 e. The molecule has 1 aromatic rings. The lowest BCUT2D eigenvalue weighted by molar-refractivity contribution is 0.0125. The highest BCUT2D eigenvalue weighted by Crippen LogP contribution is 2.35. The van der Waals surface area contributed by atoms with Crippen LogP contribution >= 0.6 is 15.9 Å². The van der Waals surface area contributed by atoms with Gasteiger partial charge < -0.3 is 19.9 Å². The summed E-state index contributed by atoms with van der Waals surface area (Å²) in [6.45, 7) is 1.73. The van der Waals surface area contributed by atoms with E-state index in [1.165, 1.54) is 0 Å². The number of methoxy groups -OCH3 is 1. The Morgan fingerprint density at radius 3 is 3.06 bits per heavy atom. The summed E-state index contributed by atoms with van der Waals surface area (Å²) in [6, 6.07) is 5.92. The Morgan fingerprint density at radius 1 is 1.44 bits per heavy atom. The van der Waals surface area contributed by atoms with Gasteiger partial charge in [-0.15, -0.1) is 0 Å². The molecule has 0 saturated heterocycles. The third-order valence-corrected chi connectivity index (χ3v) is 3.41. The number of fused-ring (bicyclic) bond motifs is 1. The summed E-state index contributed by atoms with van der Waals surface area (Å²) in [4.78, 5) is 0. The predicted molar refractivity (Wildman–Crippen MR) is 72.8 cm³/mol. The highest BCUT2D eigenvalue weighted by Gasteiger charge is 2.26. The normalized spacial score (nSPS) is 22.4. The van der Waals surface area contributed by atoms with Gasteiger partial charge in [0, 0.05) is 29.6 Å². The average molecular weight is 316 g/mol. The van der Waals surface area contributed by atoms with Crippen molar-refractivity contribution < 1.29 is 14.2 Å². The zero-order valence-electron chi connectivity index (χ0n) is 10.4. The van der Waals surface area contributed by atoms with E-state index in [4.69, 9.17) is 19.9 Å². The van der Waals surface area contributed by atoms with E-state index in [0.717, 1.165) is 22.2 Å². The average Bonchev–Trinajstić information content (AvgIpc) is 2.36. The lowest BCUT2D eigenvalue weighted by Gasteiger charge is -2.30. The second-order valence-corrected chi connectivity index (χ2v) is 5.25. The summed E-state index contributed by atoms with van der Waals surface area (Å²) >= 11 is 3.44. The first kappa shape index (κ1) is 13.8. The molecule has 1 aromatic carbocycles. The minimum atomic E-state index is 0.00211. The van der Waals surface area contributed by atoms with Crippen molar-refractivity contribution in [2.24, 2.45) is 5.73 Å². The summed E-state index contributed by atoms with van der Waals surface area (Å²) in [5, 5.41) is 0. The molecule has 0 bridgehead atoms. The molecule has 0 fully saturated rings. The number of hydrogen-bond donors (Lipinski definition) is 1. The number of benzene rings is 1. The third kappa shape index (κ3) is 3.45. The molecule has 2 unspecified atom stereocenters. The van der Waals surface area contributed by atoms with Crippen molar-refractivity contribution in [2.45, 2.75) is 18.6 Å². The molecule has 0 aliphatic carbocycles. The van der Waals surface area contributed by atoms with E-state index in [1.807, 2.05) is 18.2 Å². The van der Waals surface area contributed by atoms with Crippen LogP contribution in [-0.4, -0.2) is 33.0 Å². The highest BCUT2D eigenvalue weighted by molar-refractivity contribution is 9.10. The maximum atomic E-state index is 6.15. The molecule has 1 aliphatic rings. The van der Waals surface area contributed by atoms with Gasteiger partial charge in [-0.2, -0.15) is 0 Å². The Bertz CT molecular complexity index is 400. The quantitative estimate of drug-likeness (QED) is 0.847. The fourth-order valence-corrected chi connectivity index (χ4v) is 2.39. The molecule has 2 atom stereocenters.